The molecule has 2 aromatic carbocycles. The van der Waals surface area contributed by atoms with Crippen LogP contribution in [0.5, 0.6) is 0 Å². The van der Waals surface area contributed by atoms with Crippen LogP contribution in [-0.2, 0) is 5.21 Å². The van der Waals surface area contributed by atoms with Crippen LogP contribution in [0.25, 0.3) is 0 Å². The second kappa shape index (κ2) is 10.9. The number of hydrogen-bond donors (Lipinski definition) is 4. The molecule has 4 N–H and O–H groups in total. The van der Waals surface area contributed by atoms with Crippen LogP contribution in [-0.4, -0.2) is 54.1 Å². The molecule has 1 aromatic heterocycles. The van der Waals surface area contributed by atoms with E-state index in [1.165, 1.54) is 24.3 Å². The quantitative estimate of drug-likeness (QED) is 0.228. The minimum Gasteiger partial charge on any atom is -0.478 e. The maximum atomic E-state index is 12.9. The minimum absolute atomic E-state index is 0.0575. The Labute approximate surface area is 230 Å². The molecule has 13 nitrogen and oxygen atoms in total. The average molecular weight is 549 g/mol. The Morgan fingerprint density at radius 1 is 0.950 bits per heavy atom. The lowest BCUT2D eigenvalue weighted by Crippen LogP contribution is -2.62. The fraction of sp³-hybridized carbons (Fsp3) is 0.333. The third kappa shape index (κ3) is 6.33. The number of piperidine rings is 1. The number of amides is 1. The van der Waals surface area contributed by atoms with Crippen LogP contribution in [0.1, 0.15) is 61.3 Å². The molecular weight excluding hydrogens is 518 g/mol. The molecule has 2 heterocycles. The largest absolute Gasteiger partial charge is 0.478 e. The lowest BCUT2D eigenvalue weighted by Gasteiger charge is -2.50. The molecule has 1 amide bonds. The molecule has 1 aliphatic rings. The molecule has 40 heavy (non-hydrogen) atoms. The predicted molar refractivity (Wildman–Crippen MR) is 146 cm³/mol. The SMILES string of the molecule is CC1(C)CC(NC(=O)c2ccc(Nc3nc(Nc4ccc(C(=O)O)cc4)ncc3[N+](=O)[O-])cc2)CC(C)(C)N1[O]. The molecular formula is C27H30N7O6. The van der Waals surface area contributed by atoms with Gasteiger partial charge in [-0.2, -0.15) is 4.98 Å². The summed E-state index contributed by atoms with van der Waals surface area (Å²) in [7, 11) is 0. The van der Waals surface area contributed by atoms with Gasteiger partial charge >= 0.3 is 11.7 Å². The van der Waals surface area contributed by atoms with Gasteiger partial charge < -0.3 is 21.1 Å². The van der Waals surface area contributed by atoms with Gasteiger partial charge in [0, 0.05) is 34.1 Å². The number of nitrogens with zero attached hydrogens (tertiary/aromatic N) is 4. The van der Waals surface area contributed by atoms with Gasteiger partial charge in [0.15, 0.2) is 0 Å². The maximum Gasteiger partial charge on any atom is 0.335 e. The molecule has 0 aliphatic carbocycles. The van der Waals surface area contributed by atoms with Crippen molar-refractivity contribution in [3.8, 4) is 0 Å². The summed E-state index contributed by atoms with van der Waals surface area (Å²) in [5.74, 6) is -1.36. The Morgan fingerprint density at radius 2 is 1.48 bits per heavy atom. The van der Waals surface area contributed by atoms with Crippen LogP contribution in [0.2, 0.25) is 0 Å². The summed E-state index contributed by atoms with van der Waals surface area (Å²) in [6, 6.07) is 12.1. The monoisotopic (exact) mass is 548 g/mol. The summed E-state index contributed by atoms with van der Waals surface area (Å²) >= 11 is 0. The lowest BCUT2D eigenvalue weighted by molar-refractivity contribution is -0.384. The van der Waals surface area contributed by atoms with Gasteiger partial charge in [-0.05, 0) is 89.1 Å². The molecule has 0 atom stereocenters. The molecule has 1 saturated heterocycles. The zero-order valence-corrected chi connectivity index (χ0v) is 22.5. The molecule has 1 aliphatic heterocycles. The van der Waals surface area contributed by atoms with Gasteiger partial charge in [-0.3, -0.25) is 14.9 Å². The van der Waals surface area contributed by atoms with Crippen molar-refractivity contribution in [2.45, 2.75) is 57.7 Å². The Morgan fingerprint density at radius 3 is 2.00 bits per heavy atom. The Balaban J connectivity index is 1.46. The Hall–Kier alpha value is -4.62. The summed E-state index contributed by atoms with van der Waals surface area (Å²) in [5, 5.41) is 43.1. The van der Waals surface area contributed by atoms with Crippen molar-refractivity contribution in [3.63, 3.8) is 0 Å². The van der Waals surface area contributed by atoms with Gasteiger partial charge in [0.1, 0.15) is 6.20 Å². The number of hydrogen-bond acceptors (Lipinski definition) is 9. The number of rotatable bonds is 8. The second-order valence-corrected chi connectivity index (χ2v) is 10.9. The van der Waals surface area contributed by atoms with Gasteiger partial charge in [0.25, 0.3) is 5.91 Å². The first kappa shape index (κ1) is 28.4. The number of nitrogens with one attached hydrogen (secondary N) is 3. The smallest absolute Gasteiger partial charge is 0.335 e. The fourth-order valence-electron chi connectivity index (χ4n) is 4.96. The molecule has 0 spiro atoms. The van der Waals surface area contributed by atoms with Crippen LogP contribution in [0, 0.1) is 10.1 Å². The van der Waals surface area contributed by atoms with Crippen LogP contribution in [0.3, 0.4) is 0 Å². The van der Waals surface area contributed by atoms with Crippen LogP contribution in [0.15, 0.2) is 54.7 Å². The third-order valence-corrected chi connectivity index (χ3v) is 6.69. The summed E-state index contributed by atoms with van der Waals surface area (Å²) in [5.41, 5.74) is -0.135. The van der Waals surface area contributed by atoms with Crippen molar-refractivity contribution >= 4 is 40.7 Å². The summed E-state index contributed by atoms with van der Waals surface area (Å²) in [6.07, 6.45) is 2.09. The van der Waals surface area contributed by atoms with Gasteiger partial charge in [-0.1, -0.05) is 0 Å². The van der Waals surface area contributed by atoms with E-state index < -0.39 is 22.0 Å². The molecule has 0 saturated carbocycles. The minimum atomic E-state index is -1.06. The number of nitro groups is 1. The first-order valence-electron chi connectivity index (χ1n) is 12.5. The van der Waals surface area contributed by atoms with Crippen LogP contribution in [0.4, 0.5) is 28.8 Å². The number of carboxylic acids is 1. The molecule has 1 fully saturated rings. The van der Waals surface area contributed by atoms with Gasteiger partial charge in [-0.25, -0.2) is 9.78 Å². The van der Waals surface area contributed by atoms with E-state index in [0.717, 1.165) is 11.3 Å². The molecule has 1 radical (unpaired) electrons. The summed E-state index contributed by atoms with van der Waals surface area (Å²) < 4.78 is 0. The number of anilines is 4. The third-order valence-electron chi connectivity index (χ3n) is 6.69. The van der Waals surface area contributed by atoms with Crippen molar-refractivity contribution in [2.24, 2.45) is 0 Å². The number of aromatic carboxylic acids is 1. The second-order valence-electron chi connectivity index (χ2n) is 10.9. The van der Waals surface area contributed by atoms with Crippen molar-refractivity contribution in [3.05, 3.63) is 76.0 Å². The van der Waals surface area contributed by atoms with Crippen molar-refractivity contribution in [1.29, 1.82) is 0 Å². The number of carboxylic acid groups (broad SMARTS) is 1. The Bertz CT molecular complexity index is 1410. The number of aromatic nitrogens is 2. The molecule has 3 aromatic rings. The van der Waals surface area contributed by atoms with Gasteiger partial charge in [0.2, 0.25) is 11.8 Å². The van der Waals surface area contributed by atoms with Crippen LogP contribution < -0.4 is 16.0 Å². The fourth-order valence-corrected chi connectivity index (χ4v) is 4.96. The normalized spacial score (nSPS) is 16.6. The number of carbonyl (C=O) groups excluding carboxylic acids is 1. The highest BCUT2D eigenvalue weighted by Gasteiger charge is 2.46. The van der Waals surface area contributed by atoms with Gasteiger partial charge in [0.05, 0.1) is 10.5 Å². The first-order valence-corrected chi connectivity index (χ1v) is 12.5. The molecule has 209 valence electrons. The van der Waals surface area contributed by atoms with E-state index in [4.69, 9.17) is 5.11 Å². The van der Waals surface area contributed by atoms with Crippen LogP contribution >= 0.6 is 0 Å². The van der Waals surface area contributed by atoms with E-state index in [2.05, 4.69) is 25.9 Å². The summed E-state index contributed by atoms with van der Waals surface area (Å²) in [6.45, 7) is 7.46. The standard InChI is InChI=1S/C27H30N7O6/c1-26(2)13-20(14-27(3,4)34(26)40)30-23(35)16-5-9-18(10-6-16)29-22-21(33(38)39)15-28-25(32-22)31-19-11-7-17(8-12-19)24(36)37/h5-12,15,20H,13-14H2,1-4H3,(H,30,35)(H,36,37)(H2,28,29,31,32). The Kier molecular flexibility index (Phi) is 7.71. The van der Waals surface area contributed by atoms with E-state index in [1.54, 1.807) is 24.3 Å². The summed E-state index contributed by atoms with van der Waals surface area (Å²) in [4.78, 5) is 43.1. The maximum absolute atomic E-state index is 12.9. The van der Waals surface area contributed by atoms with E-state index in [1.807, 2.05) is 27.7 Å². The number of hydroxylamine groups is 2. The highest BCUT2D eigenvalue weighted by atomic mass is 16.6. The van der Waals surface area contributed by atoms with E-state index in [9.17, 15) is 24.9 Å². The average Bonchev–Trinajstić information content (AvgIpc) is 2.87. The molecule has 0 bridgehead atoms. The predicted octanol–water partition coefficient (Wildman–Crippen LogP) is 4.67. The highest BCUT2D eigenvalue weighted by molar-refractivity contribution is 5.94. The number of carbonyl (C=O) groups is 2. The zero-order chi connectivity index (χ0) is 29.2. The highest BCUT2D eigenvalue weighted by Crippen LogP contribution is 2.37. The van der Waals surface area contributed by atoms with Gasteiger partial charge in [-0.15, -0.1) is 10.3 Å². The van der Waals surface area contributed by atoms with Crippen molar-refractivity contribution in [2.75, 3.05) is 10.6 Å². The molecule has 0 unspecified atom stereocenters. The zero-order valence-electron chi connectivity index (χ0n) is 22.5. The van der Waals surface area contributed by atoms with E-state index in [-0.39, 0.29) is 35.0 Å². The topological polar surface area (TPSA) is 183 Å². The lowest BCUT2D eigenvalue weighted by atomic mass is 9.79. The van der Waals surface area contributed by atoms with Crippen molar-refractivity contribution in [1.82, 2.24) is 20.3 Å². The number of benzene rings is 2. The molecule has 4 rings (SSSR count). The van der Waals surface area contributed by atoms with Crippen molar-refractivity contribution < 1.29 is 24.8 Å². The molecule has 13 heteroatoms. The van der Waals surface area contributed by atoms with E-state index in [0.29, 0.717) is 29.8 Å². The van der Waals surface area contributed by atoms with E-state index >= 15 is 0 Å². The first-order chi connectivity index (χ1) is 18.7.